The number of piperidine rings is 3. The molecule has 14 rings (SSSR count). The van der Waals surface area contributed by atoms with Gasteiger partial charge in [-0.2, -0.15) is 15.3 Å². The molecule has 1 amide bonds. The molecule has 0 spiro atoms. The molecule has 108 heavy (non-hydrogen) atoms. The van der Waals surface area contributed by atoms with Crippen molar-refractivity contribution in [2.75, 3.05) is 94.8 Å². The molecular weight excluding hydrogens is 1520 g/mol. The molecule has 9 aromatic rings. The van der Waals surface area contributed by atoms with Gasteiger partial charge in [0, 0.05) is 143 Å². The van der Waals surface area contributed by atoms with E-state index in [2.05, 4.69) is 45.8 Å². The number of nitrogens with two attached hydrogens (primary N) is 3. The van der Waals surface area contributed by atoms with Crippen LogP contribution in [0.25, 0.3) is 33.4 Å². The minimum Gasteiger partial charge on any atom is -0.489 e. The van der Waals surface area contributed by atoms with E-state index in [4.69, 9.17) is 115 Å². The molecule has 0 saturated carbocycles. The number of methoxy groups -OCH3 is 1. The number of esters is 1. The van der Waals surface area contributed by atoms with Crippen molar-refractivity contribution in [3.63, 3.8) is 0 Å². The predicted octanol–water partition coefficient (Wildman–Crippen LogP) is 15.7. The number of hydrogen-bond donors (Lipinski definition) is 5. The molecule has 5 aliphatic rings. The molecule has 3 atom stereocenters. The smallest absolute Gasteiger partial charge is 0.319 e. The van der Waals surface area contributed by atoms with Gasteiger partial charge in [-0.25, -0.2) is 28.1 Å². The third-order valence-corrected chi connectivity index (χ3v) is 22.0. The number of ether oxygens (including phenoxy) is 6. The molecule has 33 heteroatoms. The summed E-state index contributed by atoms with van der Waals surface area (Å²) >= 11 is 38.3. The molecule has 5 aliphatic heterocycles. The second-order valence-corrected chi connectivity index (χ2v) is 29.2. The largest absolute Gasteiger partial charge is 0.489 e. The van der Waals surface area contributed by atoms with Crippen LogP contribution in [0.15, 0.2) is 98.2 Å². The third kappa shape index (κ3) is 18.7. The van der Waals surface area contributed by atoms with Crippen LogP contribution in [0.1, 0.15) is 138 Å². The number of nitrogen functional groups attached to an aromatic ring is 3. The fraction of sp³-hybridized carbons (Fsp3) is 0.413. The molecule has 3 aromatic carbocycles. The molecule has 5 fully saturated rings. The molecule has 6 aromatic heterocycles. The Labute approximate surface area is 652 Å². The number of rotatable bonds is 20. The first-order valence-corrected chi connectivity index (χ1v) is 37.9. The first kappa shape index (κ1) is 79.2. The van der Waals surface area contributed by atoms with Gasteiger partial charge < -0.3 is 61.2 Å². The maximum Gasteiger partial charge on any atom is 0.319 e. The Morgan fingerprint density at radius 2 is 0.972 bits per heavy atom. The summed E-state index contributed by atoms with van der Waals surface area (Å²) in [5, 5.41) is 20.7. The van der Waals surface area contributed by atoms with Gasteiger partial charge in [-0.05, 0) is 122 Å². The highest BCUT2D eigenvalue weighted by Crippen LogP contribution is 2.46. The minimum atomic E-state index is -0.769. The van der Waals surface area contributed by atoms with Crippen LogP contribution in [-0.2, 0) is 19.1 Å². The van der Waals surface area contributed by atoms with Crippen molar-refractivity contribution >= 4 is 105 Å². The molecule has 0 aliphatic carbocycles. The van der Waals surface area contributed by atoms with Gasteiger partial charge >= 0.3 is 5.97 Å². The SMILES string of the molecule is CC(Oc1cc(-c2cnn(C3CCNCC3)c2)cnc1N)c1c(Cl)c(F)cc(N2CCCC2=O)c1Cl.CC(Oc1cc(-c2cnn(C3CCNCC3)c2)cnc1N)c1c(Cl)c(F)cc(OC2CCOCC2)c1Cl.COC(=O)CN1CCC(n2cc(-c3cnc(N)c(OC(C)c4c(Cl)ccc(F)c4Cl)c3)cn2)CC1. The number of benzene rings is 3. The number of carbonyl (C=O) groups excluding carboxylic acids is 2. The van der Waals surface area contributed by atoms with E-state index in [1.807, 2.05) is 38.8 Å². The summed E-state index contributed by atoms with van der Waals surface area (Å²) in [5.41, 5.74) is 24.4. The summed E-state index contributed by atoms with van der Waals surface area (Å²) in [7, 11) is 1.40. The van der Waals surface area contributed by atoms with E-state index in [0.717, 1.165) is 111 Å². The molecule has 8 N–H and O–H groups in total. The summed E-state index contributed by atoms with van der Waals surface area (Å²) in [5.74, 6) is -0.457. The van der Waals surface area contributed by atoms with Gasteiger partial charge in [0.05, 0.1) is 94.4 Å². The number of amides is 1. The van der Waals surface area contributed by atoms with Crippen molar-refractivity contribution in [1.29, 1.82) is 0 Å². The predicted molar refractivity (Wildman–Crippen MR) is 411 cm³/mol. The summed E-state index contributed by atoms with van der Waals surface area (Å²) in [4.78, 5) is 40.2. The number of hydrogen-bond acceptors (Lipinski definition) is 20. The normalized spacial score (nSPS) is 17.1. The van der Waals surface area contributed by atoms with E-state index in [0.29, 0.717) is 91.9 Å². The van der Waals surface area contributed by atoms with Gasteiger partial charge in [0.15, 0.2) is 34.7 Å². The monoisotopic (exact) mass is 1600 g/mol. The Bertz CT molecular complexity index is 4670. The number of halogens is 9. The van der Waals surface area contributed by atoms with Gasteiger partial charge in [-0.3, -0.25) is 28.5 Å². The van der Waals surface area contributed by atoms with Crippen LogP contribution in [0, 0.1) is 17.5 Å². The molecule has 0 radical (unpaired) electrons. The highest BCUT2D eigenvalue weighted by Gasteiger charge is 2.32. The zero-order valence-electron chi connectivity index (χ0n) is 59.7. The Hall–Kier alpha value is -8.35. The Morgan fingerprint density at radius 3 is 1.43 bits per heavy atom. The molecule has 0 bridgehead atoms. The van der Waals surface area contributed by atoms with Crippen molar-refractivity contribution in [2.24, 2.45) is 0 Å². The molecule has 11 heterocycles. The van der Waals surface area contributed by atoms with Crippen LogP contribution in [0.2, 0.25) is 30.1 Å². The number of anilines is 4. The van der Waals surface area contributed by atoms with Crippen LogP contribution >= 0.6 is 69.6 Å². The van der Waals surface area contributed by atoms with Crippen LogP contribution in [0.5, 0.6) is 23.0 Å². The van der Waals surface area contributed by atoms with E-state index in [1.165, 1.54) is 36.3 Å². The van der Waals surface area contributed by atoms with Gasteiger partial charge in [0.25, 0.3) is 0 Å². The standard InChI is InChI=1S/C26H30Cl2FN5O3.C25H27Cl2FN6O2.C24H26Cl2FN5O3/c1-15(23-24(27)20(29)11-21(25(23)28)37-19-4-8-35-9-5-19)36-22-10-16(12-32-26(22)30)17-13-33-34(14-17)18-2-6-31-7-3-18;1-14(22-23(26)18(28)10-19(24(22)27)33-8-2-3-21(33)35)36-20-9-15(11-31-25(20)29)16-12-32-34(13-16)17-4-6-30-7-5-17;1-14(22-18(25)3-4-19(27)23(22)26)35-20-9-15(10-29-24(20)28)16-11-30-32(12-16)17-5-7-31(8-6-17)13-21(33)34-2/h10-15,18-19,31H,2-9H2,1H3,(H2,30,32);9-14,17,30H,2-8H2,1H3,(H2,29,31);3-4,9-12,14,17H,5-8,13H2,1-2H3,(H2,28,29). The van der Waals surface area contributed by atoms with Crippen molar-refractivity contribution in [3.05, 3.63) is 163 Å². The number of carbonyl (C=O) groups is 2. The Kier molecular flexibility index (Phi) is 26.4. The number of pyridine rings is 3. The topological polar surface area (TPSA) is 290 Å². The van der Waals surface area contributed by atoms with Crippen molar-refractivity contribution in [2.45, 2.75) is 128 Å². The zero-order valence-corrected chi connectivity index (χ0v) is 64.3. The summed E-state index contributed by atoms with van der Waals surface area (Å²) < 4.78 is 83.8. The molecule has 24 nitrogen and oxygen atoms in total. The fourth-order valence-corrected chi connectivity index (χ4v) is 15.8. The quantitative estimate of drug-likeness (QED) is 0.0350. The summed E-state index contributed by atoms with van der Waals surface area (Å²) in [6.07, 6.45) is 22.4. The first-order chi connectivity index (χ1) is 52.0. The highest BCUT2D eigenvalue weighted by molar-refractivity contribution is 6.39. The zero-order chi connectivity index (χ0) is 76.4. The van der Waals surface area contributed by atoms with Crippen LogP contribution in [0.4, 0.5) is 36.3 Å². The van der Waals surface area contributed by atoms with Crippen molar-refractivity contribution in [3.8, 4) is 56.4 Å². The second-order valence-electron chi connectivity index (χ2n) is 26.9. The summed E-state index contributed by atoms with van der Waals surface area (Å²) in [6, 6.07) is 11.3. The molecule has 574 valence electrons. The van der Waals surface area contributed by atoms with E-state index in [9.17, 15) is 22.8 Å². The fourth-order valence-electron chi connectivity index (χ4n) is 13.7. The van der Waals surface area contributed by atoms with Gasteiger partial charge in [-0.15, -0.1) is 0 Å². The number of nitrogens with one attached hydrogen (secondary N) is 2. The lowest BCUT2D eigenvalue weighted by Gasteiger charge is -2.31. The maximum absolute atomic E-state index is 14.8. The third-order valence-electron chi connectivity index (χ3n) is 19.7. The van der Waals surface area contributed by atoms with E-state index in [1.54, 1.807) is 70.0 Å². The first-order valence-electron chi connectivity index (χ1n) is 35.6. The summed E-state index contributed by atoms with van der Waals surface area (Å²) in [6.45, 7) is 12.6. The van der Waals surface area contributed by atoms with Gasteiger partial charge in [-0.1, -0.05) is 69.6 Å². The molecule has 5 saturated heterocycles. The van der Waals surface area contributed by atoms with E-state index in [-0.39, 0.29) is 89.2 Å². The average Bonchev–Trinajstić information content (AvgIpc) is 1.27. The Balaban J connectivity index is 0.000000151. The van der Waals surface area contributed by atoms with E-state index >= 15 is 0 Å². The van der Waals surface area contributed by atoms with Crippen LogP contribution < -0.4 is 51.7 Å². The molecular formula is C75H83Cl6F3N16O8. The average molecular weight is 1610 g/mol. The van der Waals surface area contributed by atoms with Crippen LogP contribution in [0.3, 0.4) is 0 Å². The van der Waals surface area contributed by atoms with E-state index < -0.39 is 35.8 Å². The number of likely N-dealkylation sites (tertiary alicyclic amines) is 1. The maximum atomic E-state index is 14.8. The second kappa shape index (κ2) is 36.0. The minimum absolute atomic E-state index is 0.0911. The van der Waals surface area contributed by atoms with Gasteiger partial charge in [0.1, 0.15) is 47.6 Å². The lowest BCUT2D eigenvalue weighted by molar-refractivity contribution is -0.142. The number of aromatic nitrogens is 9. The Morgan fingerprint density at radius 1 is 0.537 bits per heavy atom. The number of nitrogens with zero attached hydrogens (tertiary/aromatic N) is 11. The van der Waals surface area contributed by atoms with Gasteiger partial charge in [0.2, 0.25) is 5.91 Å². The lowest BCUT2D eigenvalue weighted by Crippen LogP contribution is -2.38. The molecule has 3 unspecified atom stereocenters. The van der Waals surface area contributed by atoms with Crippen LogP contribution in [-0.4, -0.2) is 140 Å². The van der Waals surface area contributed by atoms with Crippen molar-refractivity contribution < 1.29 is 51.2 Å². The lowest BCUT2D eigenvalue weighted by atomic mass is 10.1. The van der Waals surface area contributed by atoms with Crippen molar-refractivity contribution in [1.82, 2.24) is 59.8 Å². The highest BCUT2D eigenvalue weighted by atomic mass is 35.5.